The third-order valence-corrected chi connectivity index (χ3v) is 2.51. The Balaban J connectivity index is 2.81. The maximum absolute atomic E-state index is 10.7. The predicted molar refractivity (Wildman–Crippen MR) is 52.7 cm³/mol. The van der Waals surface area contributed by atoms with E-state index in [0.29, 0.717) is 9.35 Å². The second-order valence-corrected chi connectivity index (χ2v) is 3.37. The molecule has 0 aliphatic heterocycles. The first-order chi connectivity index (χ1) is 6.20. The van der Waals surface area contributed by atoms with Crippen LogP contribution in [0.25, 0.3) is 5.65 Å². The number of carboxylic acids is 1. The smallest absolute Gasteiger partial charge is 0.357 e. The maximum atomic E-state index is 10.7. The van der Waals surface area contributed by atoms with Crippen LogP contribution in [0.1, 0.15) is 10.5 Å². The predicted octanol–water partition coefficient (Wildman–Crippen LogP) is 1.03. The molecular weight excluding hydrogens is 285 g/mol. The van der Waals surface area contributed by atoms with Crippen LogP contribution in [0.4, 0.5) is 0 Å². The van der Waals surface area contributed by atoms with Gasteiger partial charge in [-0.25, -0.2) is 14.3 Å². The van der Waals surface area contributed by atoms with Gasteiger partial charge < -0.3 is 5.11 Å². The molecule has 0 bridgehead atoms. The number of aromatic nitrogens is 3. The van der Waals surface area contributed by atoms with Crippen LogP contribution in [0, 0.1) is 3.70 Å². The minimum Gasteiger partial charge on any atom is -0.476 e. The first-order valence-electron chi connectivity index (χ1n) is 3.42. The molecule has 5 nitrogen and oxygen atoms in total. The zero-order valence-corrected chi connectivity index (χ0v) is 8.46. The molecule has 0 atom stereocenters. The molecule has 13 heavy (non-hydrogen) atoms. The minimum absolute atomic E-state index is 0.0410. The van der Waals surface area contributed by atoms with Crippen molar-refractivity contribution in [2.75, 3.05) is 0 Å². The highest BCUT2D eigenvalue weighted by molar-refractivity contribution is 14.1. The van der Waals surface area contributed by atoms with Crippen molar-refractivity contribution in [3.63, 3.8) is 0 Å². The van der Waals surface area contributed by atoms with Crippen LogP contribution < -0.4 is 0 Å². The van der Waals surface area contributed by atoms with Gasteiger partial charge in [-0.3, -0.25) is 0 Å². The minimum atomic E-state index is -1.03. The van der Waals surface area contributed by atoms with E-state index < -0.39 is 5.97 Å². The molecule has 2 heterocycles. The van der Waals surface area contributed by atoms with Gasteiger partial charge in [0.15, 0.2) is 11.3 Å². The number of halogens is 1. The van der Waals surface area contributed by atoms with E-state index in [0.717, 1.165) is 0 Å². The second-order valence-electron chi connectivity index (χ2n) is 2.35. The lowest BCUT2D eigenvalue weighted by atomic mass is 10.5. The SMILES string of the molecule is O=C(O)c1nc2cccnn2c1I. The van der Waals surface area contributed by atoms with Gasteiger partial charge in [0.25, 0.3) is 0 Å². The average molecular weight is 289 g/mol. The Labute approximate surface area is 86.5 Å². The molecule has 1 N–H and O–H groups in total. The van der Waals surface area contributed by atoms with Crippen molar-refractivity contribution in [3.05, 3.63) is 27.7 Å². The van der Waals surface area contributed by atoms with E-state index in [1.165, 1.54) is 4.52 Å². The molecule has 2 aromatic rings. The molecule has 0 saturated heterocycles. The molecular formula is C7H4IN3O2. The largest absolute Gasteiger partial charge is 0.476 e. The number of aromatic carboxylic acids is 1. The van der Waals surface area contributed by atoms with Gasteiger partial charge in [-0.05, 0) is 34.7 Å². The second kappa shape index (κ2) is 2.95. The Bertz CT molecular complexity index is 480. The van der Waals surface area contributed by atoms with E-state index in [1.807, 2.05) is 22.6 Å². The van der Waals surface area contributed by atoms with Crippen molar-refractivity contribution in [1.82, 2.24) is 14.6 Å². The molecule has 66 valence electrons. The molecule has 0 fully saturated rings. The molecule has 0 aromatic carbocycles. The lowest BCUT2D eigenvalue weighted by molar-refractivity contribution is 0.0690. The summed E-state index contributed by atoms with van der Waals surface area (Å²) in [6, 6.07) is 3.42. The van der Waals surface area contributed by atoms with Gasteiger partial charge in [-0.15, -0.1) is 0 Å². The summed E-state index contributed by atoms with van der Waals surface area (Å²) in [5.41, 5.74) is 0.587. The standard InChI is InChI=1S/C7H4IN3O2/c8-6-5(7(12)13)10-4-2-1-3-9-11(4)6/h1-3H,(H,12,13). The van der Waals surface area contributed by atoms with Crippen LogP contribution in [0.2, 0.25) is 0 Å². The maximum Gasteiger partial charge on any atom is 0.357 e. The van der Waals surface area contributed by atoms with E-state index in [1.54, 1.807) is 18.3 Å². The normalized spacial score (nSPS) is 10.5. The summed E-state index contributed by atoms with van der Waals surface area (Å²) >= 11 is 1.91. The fourth-order valence-electron chi connectivity index (χ4n) is 0.997. The monoisotopic (exact) mass is 289 g/mol. The van der Waals surface area contributed by atoms with Gasteiger partial charge in [0, 0.05) is 6.20 Å². The van der Waals surface area contributed by atoms with E-state index in [2.05, 4.69) is 10.1 Å². The number of hydrogen-bond acceptors (Lipinski definition) is 3. The Hall–Kier alpha value is -1.18. The molecule has 0 aliphatic rings. The fraction of sp³-hybridized carbons (Fsp3) is 0. The zero-order valence-electron chi connectivity index (χ0n) is 6.31. The summed E-state index contributed by atoms with van der Waals surface area (Å²) in [6.45, 7) is 0. The summed E-state index contributed by atoms with van der Waals surface area (Å²) in [4.78, 5) is 14.6. The highest BCUT2D eigenvalue weighted by atomic mass is 127. The topological polar surface area (TPSA) is 67.5 Å². The molecule has 2 rings (SSSR count). The highest BCUT2D eigenvalue weighted by Crippen LogP contribution is 2.12. The van der Waals surface area contributed by atoms with Crippen molar-refractivity contribution < 1.29 is 9.90 Å². The van der Waals surface area contributed by atoms with Gasteiger partial charge in [-0.1, -0.05) is 0 Å². The number of hydrogen-bond donors (Lipinski definition) is 1. The van der Waals surface area contributed by atoms with Gasteiger partial charge in [0.05, 0.1) is 0 Å². The third-order valence-electron chi connectivity index (χ3n) is 1.54. The van der Waals surface area contributed by atoms with Crippen LogP contribution in [0.15, 0.2) is 18.3 Å². The molecule has 0 amide bonds. The Kier molecular flexibility index (Phi) is 1.91. The Morgan fingerprint density at radius 3 is 3.00 bits per heavy atom. The molecule has 0 unspecified atom stereocenters. The summed E-state index contributed by atoms with van der Waals surface area (Å²) in [7, 11) is 0. The summed E-state index contributed by atoms with van der Waals surface area (Å²) in [6.07, 6.45) is 1.59. The number of fused-ring (bicyclic) bond motifs is 1. The molecule has 6 heteroatoms. The summed E-state index contributed by atoms with van der Waals surface area (Å²) in [5, 5.41) is 12.7. The number of carbonyl (C=O) groups is 1. The van der Waals surface area contributed by atoms with Gasteiger partial charge in [-0.2, -0.15) is 5.10 Å². The van der Waals surface area contributed by atoms with Crippen molar-refractivity contribution in [2.24, 2.45) is 0 Å². The molecule has 0 spiro atoms. The lowest BCUT2D eigenvalue weighted by Crippen LogP contribution is -2.00. The average Bonchev–Trinajstić information content (AvgIpc) is 2.45. The Morgan fingerprint density at radius 2 is 2.38 bits per heavy atom. The lowest BCUT2D eigenvalue weighted by Gasteiger charge is -1.90. The molecule has 0 aliphatic carbocycles. The van der Waals surface area contributed by atoms with Gasteiger partial charge >= 0.3 is 5.97 Å². The first-order valence-corrected chi connectivity index (χ1v) is 4.50. The van der Waals surface area contributed by atoms with Crippen LogP contribution in [-0.4, -0.2) is 25.7 Å². The van der Waals surface area contributed by atoms with E-state index >= 15 is 0 Å². The molecule has 2 aromatic heterocycles. The quantitative estimate of drug-likeness (QED) is 0.796. The van der Waals surface area contributed by atoms with Crippen LogP contribution >= 0.6 is 22.6 Å². The molecule has 0 radical (unpaired) electrons. The van der Waals surface area contributed by atoms with Crippen molar-refractivity contribution >= 4 is 34.2 Å². The first kappa shape index (κ1) is 8.42. The van der Waals surface area contributed by atoms with E-state index in [4.69, 9.17) is 5.11 Å². The number of carboxylic acid groups (broad SMARTS) is 1. The fourth-order valence-corrected chi connectivity index (χ4v) is 1.72. The van der Waals surface area contributed by atoms with Crippen LogP contribution in [0.5, 0.6) is 0 Å². The van der Waals surface area contributed by atoms with Crippen molar-refractivity contribution in [3.8, 4) is 0 Å². The number of rotatable bonds is 1. The van der Waals surface area contributed by atoms with E-state index in [9.17, 15) is 4.79 Å². The van der Waals surface area contributed by atoms with E-state index in [-0.39, 0.29) is 5.69 Å². The number of nitrogens with zero attached hydrogens (tertiary/aromatic N) is 3. The highest BCUT2D eigenvalue weighted by Gasteiger charge is 2.15. The Morgan fingerprint density at radius 1 is 1.62 bits per heavy atom. The van der Waals surface area contributed by atoms with Gasteiger partial charge in [0.2, 0.25) is 0 Å². The van der Waals surface area contributed by atoms with Crippen LogP contribution in [-0.2, 0) is 0 Å². The number of imidazole rings is 1. The van der Waals surface area contributed by atoms with Crippen molar-refractivity contribution in [2.45, 2.75) is 0 Å². The molecule has 0 saturated carbocycles. The third kappa shape index (κ3) is 1.26. The zero-order chi connectivity index (χ0) is 9.42. The van der Waals surface area contributed by atoms with Gasteiger partial charge in [0.1, 0.15) is 3.70 Å². The summed E-state index contributed by atoms with van der Waals surface area (Å²) < 4.78 is 2.00. The van der Waals surface area contributed by atoms with Crippen LogP contribution in [0.3, 0.4) is 0 Å². The summed E-state index contributed by atoms with van der Waals surface area (Å²) in [5.74, 6) is -1.03. The van der Waals surface area contributed by atoms with Crippen molar-refractivity contribution in [1.29, 1.82) is 0 Å².